The first kappa shape index (κ1) is 15.4. The molecule has 2 aliphatic rings. The fraction of sp³-hybridized carbons (Fsp3) is 0.667. The Morgan fingerprint density at radius 2 is 2.14 bits per heavy atom. The van der Waals surface area contributed by atoms with Gasteiger partial charge < -0.3 is 5.32 Å². The quantitative estimate of drug-likeness (QED) is 0.917. The lowest BCUT2D eigenvalue weighted by molar-refractivity contribution is 0.0834. The largest absolute Gasteiger partial charge is 0.305 e. The maximum atomic E-state index is 3.82. The molecule has 0 radical (unpaired) electrons. The van der Waals surface area contributed by atoms with Crippen LogP contribution in [0.15, 0.2) is 30.3 Å². The molecule has 3 unspecified atom stereocenters. The Labute approximate surface area is 133 Å². The lowest BCUT2D eigenvalue weighted by Crippen LogP contribution is -2.61. The second-order valence-corrected chi connectivity index (χ2v) is 8.11. The monoisotopic (exact) mass is 304 g/mol. The highest BCUT2D eigenvalue weighted by Crippen LogP contribution is 2.31. The number of thioether (sulfide) groups is 1. The predicted molar refractivity (Wildman–Crippen MR) is 92.9 cm³/mol. The molecule has 2 nitrogen and oxygen atoms in total. The number of hydrogen-bond acceptors (Lipinski definition) is 3. The van der Waals surface area contributed by atoms with Gasteiger partial charge in [-0.25, -0.2) is 0 Å². The summed E-state index contributed by atoms with van der Waals surface area (Å²) >= 11 is 2.18. The standard InChI is InChI=1S/C18H28N2S/c1-3-16-12-19-18(2,15-8-5-4-6-9-15)14-20(16)13-17-10-7-11-21-17/h4-6,8-9,16-17,19H,3,7,10-14H2,1-2H3. The van der Waals surface area contributed by atoms with Gasteiger partial charge in [0.15, 0.2) is 0 Å². The molecular weight excluding hydrogens is 276 g/mol. The molecule has 0 saturated carbocycles. The van der Waals surface area contributed by atoms with Crippen molar-refractivity contribution in [1.29, 1.82) is 0 Å². The van der Waals surface area contributed by atoms with Crippen LogP contribution in [0.4, 0.5) is 0 Å². The van der Waals surface area contributed by atoms with Gasteiger partial charge in [-0.05, 0) is 37.5 Å². The van der Waals surface area contributed by atoms with Crippen molar-refractivity contribution >= 4 is 11.8 Å². The van der Waals surface area contributed by atoms with Gasteiger partial charge in [0.05, 0.1) is 5.54 Å². The summed E-state index contributed by atoms with van der Waals surface area (Å²) < 4.78 is 0. The lowest BCUT2D eigenvalue weighted by Gasteiger charge is -2.47. The number of benzene rings is 1. The SMILES string of the molecule is CCC1CNC(C)(c2ccccc2)CN1CC1CCCS1. The second-order valence-electron chi connectivity index (χ2n) is 6.71. The lowest BCUT2D eigenvalue weighted by atomic mass is 9.87. The number of nitrogens with one attached hydrogen (secondary N) is 1. The van der Waals surface area contributed by atoms with Gasteiger partial charge >= 0.3 is 0 Å². The van der Waals surface area contributed by atoms with Gasteiger partial charge in [0.2, 0.25) is 0 Å². The van der Waals surface area contributed by atoms with Gasteiger partial charge in [-0.3, -0.25) is 4.90 Å². The molecule has 0 amide bonds. The minimum Gasteiger partial charge on any atom is -0.305 e. The van der Waals surface area contributed by atoms with Crippen molar-refractivity contribution in [1.82, 2.24) is 10.2 Å². The van der Waals surface area contributed by atoms with Crippen LogP contribution in [0.25, 0.3) is 0 Å². The number of rotatable bonds is 4. The van der Waals surface area contributed by atoms with Crippen LogP contribution in [-0.2, 0) is 5.54 Å². The van der Waals surface area contributed by atoms with Crippen LogP contribution in [0, 0.1) is 0 Å². The molecule has 1 N–H and O–H groups in total. The molecule has 1 aromatic rings. The molecule has 0 spiro atoms. The zero-order valence-electron chi connectivity index (χ0n) is 13.3. The normalized spacial score (nSPS) is 34.2. The Balaban J connectivity index is 1.73. The molecule has 21 heavy (non-hydrogen) atoms. The smallest absolute Gasteiger partial charge is 0.0535 e. The third-order valence-electron chi connectivity index (χ3n) is 5.11. The van der Waals surface area contributed by atoms with E-state index in [9.17, 15) is 0 Å². The predicted octanol–water partition coefficient (Wildman–Crippen LogP) is 3.48. The molecule has 0 bridgehead atoms. The van der Waals surface area contributed by atoms with E-state index < -0.39 is 0 Å². The minimum absolute atomic E-state index is 0.0935. The van der Waals surface area contributed by atoms with Crippen LogP contribution < -0.4 is 5.32 Å². The maximum absolute atomic E-state index is 3.82. The van der Waals surface area contributed by atoms with E-state index in [2.05, 4.69) is 66.2 Å². The van der Waals surface area contributed by atoms with Crippen LogP contribution in [0.3, 0.4) is 0 Å². The fourth-order valence-corrected chi connectivity index (χ4v) is 5.03. The van der Waals surface area contributed by atoms with Crippen molar-refractivity contribution in [3.05, 3.63) is 35.9 Å². The molecule has 2 heterocycles. The molecule has 2 fully saturated rings. The van der Waals surface area contributed by atoms with E-state index in [0.29, 0.717) is 6.04 Å². The Morgan fingerprint density at radius 1 is 1.33 bits per heavy atom. The Hall–Kier alpha value is -0.510. The first-order chi connectivity index (χ1) is 10.2. The van der Waals surface area contributed by atoms with Gasteiger partial charge in [0, 0.05) is 30.9 Å². The first-order valence-corrected chi connectivity index (χ1v) is 9.42. The minimum atomic E-state index is 0.0935. The Kier molecular flexibility index (Phi) is 4.92. The molecule has 2 aliphatic heterocycles. The van der Waals surface area contributed by atoms with Crippen LogP contribution in [0.2, 0.25) is 0 Å². The van der Waals surface area contributed by atoms with Crippen LogP contribution in [0.5, 0.6) is 0 Å². The average Bonchev–Trinajstić information content (AvgIpc) is 3.01. The maximum Gasteiger partial charge on any atom is 0.0535 e. The summed E-state index contributed by atoms with van der Waals surface area (Å²) in [5, 5.41) is 4.68. The summed E-state index contributed by atoms with van der Waals surface area (Å²) in [7, 11) is 0. The second kappa shape index (κ2) is 6.72. The highest BCUT2D eigenvalue weighted by molar-refractivity contribution is 8.00. The van der Waals surface area contributed by atoms with Crippen molar-refractivity contribution < 1.29 is 0 Å². The zero-order chi connectivity index (χ0) is 14.7. The summed E-state index contributed by atoms with van der Waals surface area (Å²) in [6.45, 7) is 8.20. The van der Waals surface area contributed by atoms with Crippen molar-refractivity contribution in [3.8, 4) is 0 Å². The summed E-state index contributed by atoms with van der Waals surface area (Å²) in [5.74, 6) is 1.36. The number of piperazine rings is 1. The van der Waals surface area contributed by atoms with E-state index in [0.717, 1.165) is 18.3 Å². The van der Waals surface area contributed by atoms with E-state index in [1.165, 1.54) is 37.1 Å². The third kappa shape index (κ3) is 3.46. The van der Waals surface area contributed by atoms with E-state index >= 15 is 0 Å². The Bertz CT molecular complexity index is 444. The number of nitrogens with zero attached hydrogens (tertiary/aromatic N) is 1. The summed E-state index contributed by atoms with van der Waals surface area (Å²) in [5.41, 5.74) is 1.51. The number of hydrogen-bond donors (Lipinski definition) is 1. The van der Waals surface area contributed by atoms with Crippen molar-refractivity contribution in [2.24, 2.45) is 0 Å². The molecule has 2 saturated heterocycles. The Morgan fingerprint density at radius 3 is 2.81 bits per heavy atom. The zero-order valence-corrected chi connectivity index (χ0v) is 14.2. The topological polar surface area (TPSA) is 15.3 Å². The third-order valence-corrected chi connectivity index (χ3v) is 6.49. The average molecular weight is 305 g/mol. The molecule has 3 heteroatoms. The molecule has 0 aliphatic carbocycles. The summed E-state index contributed by atoms with van der Waals surface area (Å²) in [4.78, 5) is 2.76. The molecular formula is C18H28N2S. The van der Waals surface area contributed by atoms with E-state index in [1.54, 1.807) is 0 Å². The van der Waals surface area contributed by atoms with Gasteiger partial charge in [-0.15, -0.1) is 0 Å². The van der Waals surface area contributed by atoms with Crippen LogP contribution >= 0.6 is 11.8 Å². The van der Waals surface area contributed by atoms with Crippen LogP contribution in [-0.4, -0.2) is 41.6 Å². The molecule has 116 valence electrons. The van der Waals surface area contributed by atoms with Gasteiger partial charge in [0.25, 0.3) is 0 Å². The van der Waals surface area contributed by atoms with Crippen molar-refractivity contribution in [2.75, 3.05) is 25.4 Å². The highest BCUT2D eigenvalue weighted by atomic mass is 32.2. The van der Waals surface area contributed by atoms with E-state index in [-0.39, 0.29) is 5.54 Å². The molecule has 0 aromatic heterocycles. The molecule has 1 aromatic carbocycles. The first-order valence-electron chi connectivity index (χ1n) is 8.37. The van der Waals surface area contributed by atoms with E-state index in [4.69, 9.17) is 0 Å². The molecule has 3 rings (SSSR count). The van der Waals surface area contributed by atoms with E-state index in [1.807, 2.05) is 0 Å². The fourth-order valence-electron chi connectivity index (χ4n) is 3.73. The van der Waals surface area contributed by atoms with Gasteiger partial charge in [-0.2, -0.15) is 11.8 Å². The molecule has 3 atom stereocenters. The van der Waals surface area contributed by atoms with Crippen molar-refractivity contribution in [3.63, 3.8) is 0 Å². The van der Waals surface area contributed by atoms with Crippen molar-refractivity contribution in [2.45, 2.75) is 49.9 Å². The highest BCUT2D eigenvalue weighted by Gasteiger charge is 2.37. The van der Waals surface area contributed by atoms with Crippen LogP contribution in [0.1, 0.15) is 38.7 Å². The van der Waals surface area contributed by atoms with Gasteiger partial charge in [0.1, 0.15) is 0 Å². The summed E-state index contributed by atoms with van der Waals surface area (Å²) in [6.07, 6.45) is 4.07. The summed E-state index contributed by atoms with van der Waals surface area (Å²) in [6, 6.07) is 11.7. The van der Waals surface area contributed by atoms with Gasteiger partial charge in [-0.1, -0.05) is 37.3 Å².